The normalized spacial score (nSPS) is 12.7. The molecule has 0 nitrogen and oxygen atoms in total. The summed E-state index contributed by atoms with van der Waals surface area (Å²) in [5, 5.41) is 0. The van der Waals surface area contributed by atoms with E-state index in [4.69, 9.17) is 23.2 Å². The van der Waals surface area contributed by atoms with E-state index in [0.29, 0.717) is 6.42 Å². The van der Waals surface area contributed by atoms with Gasteiger partial charge in [0, 0.05) is 6.42 Å². The first-order valence-electron chi connectivity index (χ1n) is 2.66. The Hall–Kier alpha value is 0.440. The van der Waals surface area contributed by atoms with Gasteiger partial charge < -0.3 is 0 Å². The first-order valence-corrected chi connectivity index (χ1v) is 3.54. The molecule has 0 aliphatic rings. The molecule has 0 saturated carbocycles. The van der Waals surface area contributed by atoms with Crippen molar-refractivity contribution in [3.8, 4) is 0 Å². The predicted octanol–water partition coefficient (Wildman–Crippen LogP) is 3.23. The van der Waals surface area contributed by atoms with Crippen molar-refractivity contribution in [3.05, 3.63) is 0 Å². The van der Waals surface area contributed by atoms with Crippen molar-refractivity contribution in [2.75, 3.05) is 0 Å². The van der Waals surface area contributed by atoms with Crippen molar-refractivity contribution >= 4 is 23.2 Å². The highest BCUT2D eigenvalue weighted by Gasteiger charge is 2.35. The Morgan fingerprint density at radius 3 is 2.00 bits per heavy atom. The Morgan fingerprint density at radius 1 is 1.44 bits per heavy atom. The van der Waals surface area contributed by atoms with E-state index in [9.17, 15) is 8.78 Å². The second kappa shape index (κ2) is 3.57. The van der Waals surface area contributed by atoms with Crippen LogP contribution in [0.4, 0.5) is 8.78 Å². The van der Waals surface area contributed by atoms with Crippen molar-refractivity contribution in [2.45, 2.75) is 30.5 Å². The van der Waals surface area contributed by atoms with E-state index >= 15 is 0 Å². The van der Waals surface area contributed by atoms with Gasteiger partial charge in [-0.15, -0.1) is 0 Å². The fraction of sp³-hybridized carbons (Fsp3) is 1.00. The fourth-order valence-corrected chi connectivity index (χ4v) is 0.661. The van der Waals surface area contributed by atoms with Gasteiger partial charge in [0.05, 0.1) is 0 Å². The highest BCUT2D eigenvalue weighted by molar-refractivity contribution is 6.45. The zero-order valence-electron chi connectivity index (χ0n) is 5.00. The molecule has 0 aromatic rings. The average Bonchev–Trinajstić information content (AvgIpc) is 1.65. The SMILES string of the molecule is CCCC(F)(F)C(Cl)Cl. The number of hydrogen-bond donors (Lipinski definition) is 0. The van der Waals surface area contributed by atoms with Gasteiger partial charge in [0.15, 0.2) is 4.84 Å². The van der Waals surface area contributed by atoms with Crippen LogP contribution in [-0.4, -0.2) is 10.8 Å². The summed E-state index contributed by atoms with van der Waals surface area (Å²) in [5.74, 6) is -2.92. The molecule has 0 rings (SSSR count). The van der Waals surface area contributed by atoms with Gasteiger partial charge in [-0.2, -0.15) is 0 Å². The smallest absolute Gasteiger partial charge is 0.204 e. The molecule has 0 aliphatic heterocycles. The van der Waals surface area contributed by atoms with Crippen molar-refractivity contribution < 1.29 is 8.78 Å². The van der Waals surface area contributed by atoms with Crippen LogP contribution in [-0.2, 0) is 0 Å². The molecule has 0 N–H and O–H groups in total. The number of halogens is 4. The second-order valence-corrected chi connectivity index (χ2v) is 2.91. The third kappa shape index (κ3) is 3.21. The van der Waals surface area contributed by atoms with Gasteiger partial charge in [-0.1, -0.05) is 36.5 Å². The van der Waals surface area contributed by atoms with Crippen molar-refractivity contribution in [1.82, 2.24) is 0 Å². The van der Waals surface area contributed by atoms with Gasteiger partial charge in [0.1, 0.15) is 0 Å². The van der Waals surface area contributed by atoms with E-state index in [0.717, 1.165) is 0 Å². The largest absolute Gasteiger partial charge is 0.277 e. The highest BCUT2D eigenvalue weighted by atomic mass is 35.5. The van der Waals surface area contributed by atoms with E-state index in [1.807, 2.05) is 0 Å². The first-order chi connectivity index (χ1) is 4.00. The number of hydrogen-bond acceptors (Lipinski definition) is 0. The zero-order chi connectivity index (χ0) is 7.49. The number of rotatable bonds is 3. The lowest BCUT2D eigenvalue weighted by molar-refractivity contribution is 0.00607. The molecule has 0 saturated heterocycles. The summed E-state index contributed by atoms with van der Waals surface area (Å²) in [4.78, 5) is -1.57. The molecule has 0 aromatic carbocycles. The van der Waals surface area contributed by atoms with Gasteiger partial charge in [-0.3, -0.25) is 0 Å². The van der Waals surface area contributed by atoms with Crippen molar-refractivity contribution in [2.24, 2.45) is 0 Å². The Bertz CT molecular complexity index is 83.0. The average molecular weight is 177 g/mol. The summed E-state index contributed by atoms with van der Waals surface area (Å²) in [6.45, 7) is 1.66. The van der Waals surface area contributed by atoms with Crippen LogP contribution in [0.15, 0.2) is 0 Å². The van der Waals surface area contributed by atoms with Gasteiger partial charge in [-0.05, 0) is 0 Å². The lowest BCUT2D eigenvalue weighted by Crippen LogP contribution is -2.23. The predicted molar refractivity (Wildman–Crippen MR) is 35.3 cm³/mol. The van der Waals surface area contributed by atoms with Crippen molar-refractivity contribution in [1.29, 1.82) is 0 Å². The van der Waals surface area contributed by atoms with E-state index in [1.165, 1.54) is 0 Å². The molecule has 0 atom stereocenters. The molecule has 9 heavy (non-hydrogen) atoms. The molecule has 0 spiro atoms. The van der Waals surface area contributed by atoms with Gasteiger partial charge in [0.2, 0.25) is 0 Å². The van der Waals surface area contributed by atoms with E-state index in [1.54, 1.807) is 6.92 Å². The van der Waals surface area contributed by atoms with E-state index < -0.39 is 10.8 Å². The Morgan fingerprint density at radius 2 is 1.89 bits per heavy atom. The van der Waals surface area contributed by atoms with Gasteiger partial charge in [0.25, 0.3) is 5.92 Å². The molecule has 4 heteroatoms. The van der Waals surface area contributed by atoms with Crippen LogP contribution >= 0.6 is 23.2 Å². The molecule has 0 bridgehead atoms. The van der Waals surface area contributed by atoms with Crippen molar-refractivity contribution in [3.63, 3.8) is 0 Å². The van der Waals surface area contributed by atoms with Crippen LogP contribution in [0.5, 0.6) is 0 Å². The minimum atomic E-state index is -2.92. The standard InChI is InChI=1S/C5H8Cl2F2/c1-2-3-5(8,9)4(6)7/h4H,2-3H2,1H3. The second-order valence-electron chi connectivity index (χ2n) is 1.81. The summed E-state index contributed by atoms with van der Waals surface area (Å²) in [6, 6.07) is 0. The minimum Gasteiger partial charge on any atom is -0.204 e. The van der Waals surface area contributed by atoms with Crippen LogP contribution in [0.25, 0.3) is 0 Å². The number of alkyl halides is 4. The summed E-state index contributed by atoms with van der Waals surface area (Å²) in [7, 11) is 0. The summed E-state index contributed by atoms with van der Waals surface area (Å²) < 4.78 is 24.6. The lowest BCUT2D eigenvalue weighted by Gasteiger charge is -2.15. The Balaban J connectivity index is 3.70. The molecule has 56 valence electrons. The highest BCUT2D eigenvalue weighted by Crippen LogP contribution is 2.30. The van der Waals surface area contributed by atoms with Crippen LogP contribution < -0.4 is 0 Å². The van der Waals surface area contributed by atoms with Gasteiger partial charge in [-0.25, -0.2) is 8.78 Å². The monoisotopic (exact) mass is 176 g/mol. The molecular weight excluding hydrogens is 169 g/mol. The molecular formula is C5H8Cl2F2. The quantitative estimate of drug-likeness (QED) is 0.580. The lowest BCUT2D eigenvalue weighted by atomic mass is 10.2. The fourth-order valence-electron chi connectivity index (χ4n) is 0.442. The third-order valence-corrected chi connectivity index (χ3v) is 1.54. The maximum atomic E-state index is 12.3. The van der Waals surface area contributed by atoms with Crippen LogP contribution in [0.3, 0.4) is 0 Å². The summed E-state index contributed by atoms with van der Waals surface area (Å²) in [5.41, 5.74) is 0. The molecule has 0 amide bonds. The molecule has 0 radical (unpaired) electrons. The minimum absolute atomic E-state index is 0.245. The molecule has 0 unspecified atom stereocenters. The van der Waals surface area contributed by atoms with Gasteiger partial charge >= 0.3 is 0 Å². The topological polar surface area (TPSA) is 0 Å². The Kier molecular flexibility index (Phi) is 3.74. The third-order valence-electron chi connectivity index (χ3n) is 0.903. The maximum Gasteiger partial charge on any atom is 0.277 e. The molecule has 0 fully saturated rings. The molecule has 0 heterocycles. The summed E-state index contributed by atoms with van der Waals surface area (Å²) in [6.07, 6.45) is 0.146. The van der Waals surface area contributed by atoms with E-state index in [2.05, 4.69) is 0 Å². The zero-order valence-corrected chi connectivity index (χ0v) is 6.52. The van der Waals surface area contributed by atoms with Crippen LogP contribution in [0, 0.1) is 0 Å². The first kappa shape index (κ1) is 9.44. The Labute approximate surface area is 63.1 Å². The molecule has 0 aliphatic carbocycles. The van der Waals surface area contributed by atoms with E-state index in [-0.39, 0.29) is 6.42 Å². The van der Waals surface area contributed by atoms with Crippen LogP contribution in [0.1, 0.15) is 19.8 Å². The summed E-state index contributed by atoms with van der Waals surface area (Å²) >= 11 is 9.93. The van der Waals surface area contributed by atoms with Crippen LogP contribution in [0.2, 0.25) is 0 Å². The maximum absolute atomic E-state index is 12.3. The molecule has 0 aromatic heterocycles.